The van der Waals surface area contributed by atoms with Crippen molar-refractivity contribution in [2.24, 2.45) is 5.92 Å². The van der Waals surface area contributed by atoms with E-state index in [-0.39, 0.29) is 11.8 Å². The largest absolute Gasteiger partial charge is 0.359 e. The number of hydrogen-bond acceptors (Lipinski definition) is 4. The van der Waals surface area contributed by atoms with Crippen molar-refractivity contribution in [3.05, 3.63) is 17.6 Å². The maximum atomic E-state index is 11.7. The van der Waals surface area contributed by atoms with E-state index in [9.17, 15) is 4.79 Å². The van der Waals surface area contributed by atoms with Gasteiger partial charge in [0.25, 0.3) is 0 Å². The fourth-order valence-corrected chi connectivity index (χ4v) is 2.41. The van der Waals surface area contributed by atoms with Crippen molar-refractivity contribution in [1.29, 1.82) is 0 Å². The van der Waals surface area contributed by atoms with E-state index in [0.717, 1.165) is 43.1 Å². The Balaban J connectivity index is 2.18. The summed E-state index contributed by atoms with van der Waals surface area (Å²) in [5, 5.41) is 2.73. The Morgan fingerprint density at radius 3 is 3.00 bits per heavy atom. The van der Waals surface area contributed by atoms with Crippen molar-refractivity contribution >= 4 is 11.7 Å². The normalized spacial score (nSPS) is 19.7. The summed E-state index contributed by atoms with van der Waals surface area (Å²) in [6.45, 7) is 5.59. The van der Waals surface area contributed by atoms with Gasteiger partial charge >= 0.3 is 0 Å². The lowest BCUT2D eigenvalue weighted by Gasteiger charge is -2.33. The quantitative estimate of drug-likeness (QED) is 0.850. The maximum absolute atomic E-state index is 11.7. The van der Waals surface area contributed by atoms with Crippen molar-refractivity contribution < 1.29 is 4.79 Å². The molecule has 2 heterocycles. The molecule has 0 spiro atoms. The summed E-state index contributed by atoms with van der Waals surface area (Å²) < 4.78 is 0. The molecule has 1 fully saturated rings. The predicted octanol–water partition coefficient (Wildman–Crippen LogP) is 1.06. The Morgan fingerprint density at radius 2 is 2.28 bits per heavy atom. The molecule has 0 aromatic carbocycles. The van der Waals surface area contributed by atoms with Gasteiger partial charge in [0.05, 0.1) is 17.3 Å². The van der Waals surface area contributed by atoms with Crippen LogP contribution in [0.3, 0.4) is 0 Å². The van der Waals surface area contributed by atoms with Crippen LogP contribution in [0.25, 0.3) is 0 Å². The van der Waals surface area contributed by atoms with Gasteiger partial charge < -0.3 is 10.2 Å². The summed E-state index contributed by atoms with van der Waals surface area (Å²) in [7, 11) is 1.69. The predicted molar refractivity (Wildman–Crippen MR) is 70.5 cm³/mol. The van der Waals surface area contributed by atoms with E-state index in [0.29, 0.717) is 0 Å². The molecular weight excluding hydrogens is 228 g/mol. The van der Waals surface area contributed by atoms with Gasteiger partial charge in [0.2, 0.25) is 5.91 Å². The molecule has 5 nitrogen and oxygen atoms in total. The summed E-state index contributed by atoms with van der Waals surface area (Å²) in [4.78, 5) is 22.8. The van der Waals surface area contributed by atoms with E-state index in [1.54, 1.807) is 13.2 Å². The lowest BCUT2D eigenvalue weighted by Crippen LogP contribution is -2.42. The zero-order valence-corrected chi connectivity index (χ0v) is 11.2. The molecule has 0 aliphatic carbocycles. The van der Waals surface area contributed by atoms with Gasteiger partial charge in [0.1, 0.15) is 5.82 Å². The van der Waals surface area contributed by atoms with Crippen molar-refractivity contribution in [2.45, 2.75) is 26.7 Å². The van der Waals surface area contributed by atoms with Crippen LogP contribution in [0, 0.1) is 19.8 Å². The fraction of sp³-hybridized carbons (Fsp3) is 0.615. The zero-order valence-electron chi connectivity index (χ0n) is 11.2. The van der Waals surface area contributed by atoms with Crippen molar-refractivity contribution in [1.82, 2.24) is 15.3 Å². The van der Waals surface area contributed by atoms with Crippen LogP contribution in [-0.4, -0.2) is 36.0 Å². The summed E-state index contributed by atoms with van der Waals surface area (Å²) >= 11 is 0. The number of amides is 1. The second-order valence-corrected chi connectivity index (χ2v) is 4.82. The Bertz CT molecular complexity index is 447. The molecule has 0 saturated carbocycles. The smallest absolute Gasteiger partial charge is 0.224 e. The van der Waals surface area contributed by atoms with E-state index in [4.69, 9.17) is 0 Å². The lowest BCUT2D eigenvalue weighted by atomic mass is 9.97. The third-order valence-electron chi connectivity index (χ3n) is 3.39. The first-order valence-corrected chi connectivity index (χ1v) is 6.38. The molecule has 1 amide bonds. The number of nitrogens with one attached hydrogen (secondary N) is 1. The third kappa shape index (κ3) is 2.60. The molecule has 1 N–H and O–H groups in total. The van der Waals surface area contributed by atoms with Gasteiger partial charge in [0.15, 0.2) is 0 Å². The first kappa shape index (κ1) is 12.8. The zero-order chi connectivity index (χ0) is 13.1. The Kier molecular flexibility index (Phi) is 3.79. The van der Waals surface area contributed by atoms with Gasteiger partial charge in [0, 0.05) is 26.3 Å². The van der Waals surface area contributed by atoms with Crippen LogP contribution in [0.5, 0.6) is 0 Å². The number of carbonyl (C=O) groups excluding carboxylic acids is 1. The number of carbonyl (C=O) groups is 1. The number of hydrogen-bond donors (Lipinski definition) is 1. The van der Waals surface area contributed by atoms with Crippen LogP contribution >= 0.6 is 0 Å². The number of rotatable bonds is 2. The summed E-state index contributed by atoms with van der Waals surface area (Å²) in [5.74, 6) is 1.10. The third-order valence-corrected chi connectivity index (χ3v) is 3.39. The van der Waals surface area contributed by atoms with Gasteiger partial charge in [-0.15, -0.1) is 0 Å². The van der Waals surface area contributed by atoms with E-state index in [1.165, 1.54) is 0 Å². The second kappa shape index (κ2) is 5.33. The highest BCUT2D eigenvalue weighted by Crippen LogP contribution is 2.23. The second-order valence-electron chi connectivity index (χ2n) is 4.82. The highest BCUT2D eigenvalue weighted by Gasteiger charge is 2.26. The number of aromatic nitrogens is 2. The molecule has 0 radical (unpaired) electrons. The number of anilines is 1. The molecule has 0 bridgehead atoms. The highest BCUT2D eigenvalue weighted by molar-refractivity contribution is 5.79. The van der Waals surface area contributed by atoms with Gasteiger partial charge in [-0.2, -0.15) is 0 Å². The molecule has 1 unspecified atom stereocenters. The monoisotopic (exact) mass is 248 g/mol. The summed E-state index contributed by atoms with van der Waals surface area (Å²) in [6.07, 6.45) is 3.75. The van der Waals surface area contributed by atoms with Gasteiger partial charge in [-0.05, 0) is 26.7 Å². The molecule has 1 aliphatic rings. The molecule has 5 heteroatoms. The van der Waals surface area contributed by atoms with Gasteiger partial charge in [-0.25, -0.2) is 4.98 Å². The van der Waals surface area contributed by atoms with Crippen LogP contribution in [0.2, 0.25) is 0 Å². The molecule has 18 heavy (non-hydrogen) atoms. The van der Waals surface area contributed by atoms with Gasteiger partial charge in [-0.3, -0.25) is 9.78 Å². The van der Waals surface area contributed by atoms with E-state index in [1.807, 2.05) is 13.8 Å². The Labute approximate surface area is 108 Å². The highest BCUT2D eigenvalue weighted by atomic mass is 16.1. The summed E-state index contributed by atoms with van der Waals surface area (Å²) in [5.41, 5.74) is 1.84. The molecular formula is C13H20N4O. The van der Waals surface area contributed by atoms with Crippen molar-refractivity contribution in [3.63, 3.8) is 0 Å². The topological polar surface area (TPSA) is 58.1 Å². The molecule has 1 saturated heterocycles. The molecule has 2 rings (SSSR count). The van der Waals surface area contributed by atoms with Crippen LogP contribution < -0.4 is 10.2 Å². The SMILES string of the molecule is CNC(=O)C1CCCN(c2nc(C)cnc2C)C1. The van der Waals surface area contributed by atoms with Crippen LogP contribution in [-0.2, 0) is 4.79 Å². The van der Waals surface area contributed by atoms with Crippen molar-refractivity contribution in [2.75, 3.05) is 25.0 Å². The van der Waals surface area contributed by atoms with Crippen molar-refractivity contribution in [3.8, 4) is 0 Å². The minimum Gasteiger partial charge on any atom is -0.359 e. The van der Waals surface area contributed by atoms with Crippen LogP contribution in [0.1, 0.15) is 24.2 Å². The average molecular weight is 248 g/mol. The Hall–Kier alpha value is -1.65. The Morgan fingerprint density at radius 1 is 1.50 bits per heavy atom. The lowest BCUT2D eigenvalue weighted by molar-refractivity contribution is -0.124. The minimum absolute atomic E-state index is 0.0606. The van der Waals surface area contributed by atoms with E-state index >= 15 is 0 Å². The summed E-state index contributed by atoms with van der Waals surface area (Å²) in [6, 6.07) is 0. The first-order chi connectivity index (χ1) is 8.61. The number of piperidine rings is 1. The van der Waals surface area contributed by atoms with Crippen LogP contribution in [0.4, 0.5) is 5.82 Å². The molecule has 98 valence electrons. The number of aryl methyl sites for hydroxylation is 2. The fourth-order valence-electron chi connectivity index (χ4n) is 2.41. The van der Waals surface area contributed by atoms with Crippen LogP contribution in [0.15, 0.2) is 6.20 Å². The minimum atomic E-state index is 0.0606. The molecule has 1 aromatic heterocycles. The molecule has 1 atom stereocenters. The molecule has 1 aliphatic heterocycles. The molecule has 1 aromatic rings. The number of nitrogens with zero attached hydrogens (tertiary/aromatic N) is 3. The standard InChI is InChI=1S/C13H20N4O/c1-9-7-15-10(2)12(16-9)17-6-4-5-11(8-17)13(18)14-3/h7,11H,4-6,8H2,1-3H3,(H,14,18). The van der Waals surface area contributed by atoms with E-state index in [2.05, 4.69) is 20.2 Å². The first-order valence-electron chi connectivity index (χ1n) is 6.38. The van der Waals surface area contributed by atoms with Gasteiger partial charge in [-0.1, -0.05) is 0 Å². The maximum Gasteiger partial charge on any atom is 0.224 e. The average Bonchev–Trinajstić information content (AvgIpc) is 2.40. The van der Waals surface area contributed by atoms with E-state index < -0.39 is 0 Å².